The van der Waals surface area contributed by atoms with Crippen LogP contribution < -0.4 is 10.5 Å². The van der Waals surface area contributed by atoms with Gasteiger partial charge in [-0.2, -0.15) is 0 Å². The van der Waals surface area contributed by atoms with Crippen LogP contribution in [0.4, 0.5) is 10.1 Å². The fourth-order valence-corrected chi connectivity index (χ4v) is 1.52. The Hall–Kier alpha value is -1.81. The normalized spacial score (nSPS) is 10.2. The second kappa shape index (κ2) is 5.01. The summed E-state index contributed by atoms with van der Waals surface area (Å²) in [5.74, 6) is -0.322. The molecule has 0 saturated heterocycles. The van der Waals surface area contributed by atoms with E-state index in [0.717, 1.165) is 5.56 Å². The molecule has 0 aliphatic rings. The number of nitrogens with two attached hydrogens (primary N) is 1. The Kier molecular flexibility index (Phi) is 3.44. The van der Waals surface area contributed by atoms with Crippen molar-refractivity contribution in [3.63, 3.8) is 0 Å². The maximum Gasteiger partial charge on any atom is 0.167 e. The first-order valence-corrected chi connectivity index (χ1v) is 5.31. The summed E-state index contributed by atoms with van der Waals surface area (Å²) in [6.07, 6.45) is 1.57. The van der Waals surface area contributed by atoms with Gasteiger partial charge in [0.05, 0.1) is 0 Å². The molecule has 1 heterocycles. The minimum Gasteiger partial charge on any atom is -0.486 e. The van der Waals surface area contributed by atoms with Gasteiger partial charge in [-0.05, 0) is 29.8 Å². The number of hydrogen-bond donors (Lipinski definition) is 1. The van der Waals surface area contributed by atoms with Crippen molar-refractivity contribution in [2.45, 2.75) is 6.61 Å². The molecule has 0 spiro atoms. The number of nitrogen functional groups attached to an aromatic ring is 1. The molecule has 0 fully saturated rings. The van der Waals surface area contributed by atoms with Gasteiger partial charge in [-0.15, -0.1) is 0 Å². The van der Waals surface area contributed by atoms with E-state index in [1.54, 1.807) is 24.4 Å². The van der Waals surface area contributed by atoms with E-state index in [1.807, 2.05) is 0 Å². The third kappa shape index (κ3) is 3.07. The molecule has 1 aromatic heterocycles. The van der Waals surface area contributed by atoms with Crippen LogP contribution in [0.25, 0.3) is 0 Å². The van der Waals surface area contributed by atoms with Gasteiger partial charge in [-0.3, -0.25) is 0 Å². The number of benzene rings is 1. The van der Waals surface area contributed by atoms with Gasteiger partial charge in [0.1, 0.15) is 11.8 Å². The van der Waals surface area contributed by atoms with Gasteiger partial charge in [0, 0.05) is 18.0 Å². The van der Waals surface area contributed by atoms with Gasteiger partial charge < -0.3 is 10.5 Å². The lowest BCUT2D eigenvalue weighted by Crippen LogP contribution is -1.98. The standard InChI is InChI=1S/C12H10ClFN2O/c13-12-5-8(3-4-16-12)7-17-11-2-1-9(15)6-10(11)14/h1-6H,7,15H2. The number of pyridine rings is 1. The Balaban J connectivity index is 2.07. The zero-order valence-corrected chi connectivity index (χ0v) is 9.62. The number of hydrogen-bond acceptors (Lipinski definition) is 3. The topological polar surface area (TPSA) is 48.1 Å². The first kappa shape index (κ1) is 11.7. The molecule has 17 heavy (non-hydrogen) atoms. The largest absolute Gasteiger partial charge is 0.486 e. The fourth-order valence-electron chi connectivity index (χ4n) is 1.33. The van der Waals surface area contributed by atoms with Crippen LogP contribution in [-0.4, -0.2) is 4.98 Å². The molecule has 2 N–H and O–H groups in total. The van der Waals surface area contributed by atoms with E-state index in [-0.39, 0.29) is 12.4 Å². The summed E-state index contributed by atoms with van der Waals surface area (Å²) in [6.45, 7) is 0.225. The number of aromatic nitrogens is 1. The number of ether oxygens (including phenoxy) is 1. The molecule has 0 saturated carbocycles. The summed E-state index contributed by atoms with van der Waals surface area (Å²) < 4.78 is 18.7. The predicted octanol–water partition coefficient (Wildman–Crippen LogP) is 3.04. The van der Waals surface area contributed by atoms with Crippen molar-refractivity contribution in [1.29, 1.82) is 0 Å². The van der Waals surface area contributed by atoms with Crippen LogP contribution in [0.2, 0.25) is 5.15 Å². The van der Waals surface area contributed by atoms with Crippen molar-refractivity contribution >= 4 is 17.3 Å². The summed E-state index contributed by atoms with van der Waals surface area (Å²) in [7, 11) is 0. The van der Waals surface area contributed by atoms with E-state index < -0.39 is 5.82 Å². The zero-order chi connectivity index (χ0) is 12.3. The van der Waals surface area contributed by atoms with Crippen molar-refractivity contribution < 1.29 is 9.13 Å². The number of nitrogens with zero attached hydrogens (tertiary/aromatic N) is 1. The Morgan fingerprint density at radius 1 is 1.29 bits per heavy atom. The van der Waals surface area contributed by atoms with Crippen molar-refractivity contribution in [3.05, 3.63) is 53.1 Å². The molecule has 0 radical (unpaired) electrons. The van der Waals surface area contributed by atoms with E-state index in [9.17, 15) is 4.39 Å². The van der Waals surface area contributed by atoms with Crippen LogP contribution in [0.1, 0.15) is 5.56 Å². The molecule has 5 heteroatoms. The SMILES string of the molecule is Nc1ccc(OCc2ccnc(Cl)c2)c(F)c1. The lowest BCUT2D eigenvalue weighted by Gasteiger charge is -2.07. The van der Waals surface area contributed by atoms with Crippen molar-refractivity contribution in [2.24, 2.45) is 0 Å². The summed E-state index contributed by atoms with van der Waals surface area (Å²) in [4.78, 5) is 3.84. The van der Waals surface area contributed by atoms with Crippen LogP contribution in [0, 0.1) is 5.82 Å². The maximum absolute atomic E-state index is 13.4. The second-order valence-corrected chi connectivity index (χ2v) is 3.85. The zero-order valence-electron chi connectivity index (χ0n) is 8.86. The van der Waals surface area contributed by atoms with E-state index in [4.69, 9.17) is 22.1 Å². The maximum atomic E-state index is 13.4. The summed E-state index contributed by atoms with van der Waals surface area (Å²) in [5.41, 5.74) is 6.62. The molecule has 0 amide bonds. The van der Waals surface area contributed by atoms with Gasteiger partial charge in [0.15, 0.2) is 11.6 Å². The molecule has 3 nitrogen and oxygen atoms in total. The average molecular weight is 253 g/mol. The Morgan fingerprint density at radius 3 is 2.82 bits per heavy atom. The highest BCUT2D eigenvalue weighted by Crippen LogP contribution is 2.20. The van der Waals surface area contributed by atoms with Crippen molar-refractivity contribution in [3.8, 4) is 5.75 Å². The minimum absolute atomic E-state index is 0.159. The third-order valence-corrected chi connectivity index (χ3v) is 2.35. The molecule has 88 valence electrons. The van der Waals surface area contributed by atoms with Crippen LogP contribution in [-0.2, 0) is 6.61 Å². The van der Waals surface area contributed by atoms with Gasteiger partial charge >= 0.3 is 0 Å². The monoisotopic (exact) mass is 252 g/mol. The number of halogens is 2. The van der Waals surface area contributed by atoms with Crippen LogP contribution >= 0.6 is 11.6 Å². The van der Waals surface area contributed by atoms with Gasteiger partial charge in [-0.25, -0.2) is 9.37 Å². The quantitative estimate of drug-likeness (QED) is 0.675. The summed E-state index contributed by atoms with van der Waals surface area (Å²) >= 11 is 5.72. The highest BCUT2D eigenvalue weighted by molar-refractivity contribution is 6.29. The molecule has 2 aromatic rings. The molecule has 1 aromatic carbocycles. The van der Waals surface area contributed by atoms with Crippen LogP contribution in [0.3, 0.4) is 0 Å². The summed E-state index contributed by atoms with van der Waals surface area (Å²) in [5, 5.41) is 0.379. The van der Waals surface area contributed by atoms with E-state index in [0.29, 0.717) is 10.8 Å². The highest BCUT2D eigenvalue weighted by Gasteiger charge is 2.04. The predicted molar refractivity (Wildman–Crippen MR) is 64.4 cm³/mol. The molecular weight excluding hydrogens is 243 g/mol. The second-order valence-electron chi connectivity index (χ2n) is 3.47. The van der Waals surface area contributed by atoms with E-state index in [2.05, 4.69) is 4.98 Å². The first-order valence-electron chi connectivity index (χ1n) is 4.93. The molecule has 0 bridgehead atoms. The van der Waals surface area contributed by atoms with Gasteiger partial charge in [0.2, 0.25) is 0 Å². The van der Waals surface area contributed by atoms with Crippen LogP contribution in [0.15, 0.2) is 36.5 Å². The Bertz CT molecular complexity index is 534. The lowest BCUT2D eigenvalue weighted by atomic mass is 10.3. The minimum atomic E-state index is -0.481. The molecular formula is C12H10ClFN2O. The summed E-state index contributed by atoms with van der Waals surface area (Å²) in [6, 6.07) is 7.71. The van der Waals surface area contributed by atoms with Crippen molar-refractivity contribution in [2.75, 3.05) is 5.73 Å². The molecule has 0 atom stereocenters. The Labute approximate surface area is 103 Å². The van der Waals surface area contributed by atoms with Crippen LogP contribution in [0.5, 0.6) is 5.75 Å². The van der Waals surface area contributed by atoms with Crippen molar-refractivity contribution in [1.82, 2.24) is 4.98 Å². The smallest absolute Gasteiger partial charge is 0.167 e. The number of anilines is 1. The highest BCUT2D eigenvalue weighted by atomic mass is 35.5. The number of rotatable bonds is 3. The first-order chi connectivity index (χ1) is 8.15. The average Bonchev–Trinajstić information content (AvgIpc) is 2.28. The third-order valence-electron chi connectivity index (χ3n) is 2.14. The van der Waals surface area contributed by atoms with E-state index >= 15 is 0 Å². The molecule has 0 aliphatic heterocycles. The molecule has 0 unspecified atom stereocenters. The molecule has 0 aliphatic carbocycles. The molecule has 2 rings (SSSR count). The van der Waals surface area contributed by atoms with Gasteiger partial charge in [0.25, 0.3) is 0 Å². The van der Waals surface area contributed by atoms with E-state index in [1.165, 1.54) is 12.1 Å². The lowest BCUT2D eigenvalue weighted by molar-refractivity contribution is 0.290. The van der Waals surface area contributed by atoms with Gasteiger partial charge in [-0.1, -0.05) is 11.6 Å². The Morgan fingerprint density at radius 2 is 2.12 bits per heavy atom. The fraction of sp³-hybridized carbons (Fsp3) is 0.0833.